The summed E-state index contributed by atoms with van der Waals surface area (Å²) in [6.07, 6.45) is -8.42. The van der Waals surface area contributed by atoms with Crippen LogP contribution in [0.4, 0.5) is 39.3 Å². The van der Waals surface area contributed by atoms with Gasteiger partial charge < -0.3 is 116 Å². The third-order valence-electron chi connectivity index (χ3n) is 21.7. The number of rotatable bonds is 6. The topological polar surface area (TPSA) is 774 Å². The van der Waals surface area contributed by atoms with Gasteiger partial charge in [-0.2, -0.15) is 20.1 Å². The quantitative estimate of drug-likeness (QED) is 0.0583. The maximum atomic E-state index is 16.0. The summed E-state index contributed by atoms with van der Waals surface area (Å²) in [4.78, 5) is 137. The highest BCUT2D eigenvalue weighted by molar-refractivity contribution is 8.44. The van der Waals surface area contributed by atoms with Gasteiger partial charge in [-0.25, -0.2) is 48.1 Å². The molecule has 6 unspecified atom stereocenters. The van der Waals surface area contributed by atoms with Crippen LogP contribution < -0.4 is 51.1 Å². The Morgan fingerprint density at radius 1 is 0.541 bits per heavy atom. The molecule has 0 aliphatic carbocycles. The van der Waals surface area contributed by atoms with E-state index in [4.69, 9.17) is 178 Å². The molecule has 0 spiro atoms. The van der Waals surface area contributed by atoms with Gasteiger partial charge in [0, 0.05) is 42.5 Å². The first kappa shape index (κ1) is 94.4. The number of anilines is 6. The van der Waals surface area contributed by atoms with Crippen molar-refractivity contribution in [1.82, 2.24) is 103 Å². The summed E-state index contributed by atoms with van der Waals surface area (Å²) < 4.78 is 136. The summed E-state index contributed by atoms with van der Waals surface area (Å²) in [5, 5.41) is 45.0. The van der Waals surface area contributed by atoms with Gasteiger partial charge in [0.05, 0.1) is 92.3 Å². The number of nitrogen functional groups attached to an aromatic ring is 6. The molecule has 12 aromatic rings. The second kappa shape index (κ2) is 35.7. The highest BCUT2D eigenvalue weighted by atomic mass is 32.7. The minimum atomic E-state index is -4.72. The number of terminal acetylenes is 1. The van der Waals surface area contributed by atoms with E-state index in [0.717, 1.165) is 22.7 Å². The second-order valence-electron chi connectivity index (χ2n) is 30.3. The number of nitrogens with zero attached hydrogens (tertiary/aromatic N) is 18. The highest BCUT2D eigenvalue weighted by Crippen LogP contribution is 2.64. The van der Waals surface area contributed by atoms with Gasteiger partial charge in [-0.15, -0.1) is 23.3 Å². The zero-order valence-electron chi connectivity index (χ0n) is 66.5. The Kier molecular flexibility index (Phi) is 25.3. The van der Waals surface area contributed by atoms with Crippen LogP contribution in [0.25, 0.3) is 61.3 Å². The fraction of sp³-hybridized carbons (Fsp3) is 0.444. The first-order valence-corrected chi connectivity index (χ1v) is 55.2. The molecule has 21 rings (SSSR count). The van der Waals surface area contributed by atoms with Crippen molar-refractivity contribution < 1.29 is 127 Å². The molecule has 0 amide bonds. The lowest BCUT2D eigenvalue weighted by Gasteiger charge is -2.35. The Labute approximate surface area is 774 Å². The van der Waals surface area contributed by atoms with Crippen molar-refractivity contribution >= 4 is 220 Å². The fourth-order valence-electron chi connectivity index (χ4n) is 15.9. The van der Waals surface area contributed by atoms with Crippen molar-refractivity contribution in [3.8, 4) is 12.3 Å². The Morgan fingerprint density at radius 3 is 1.84 bits per heavy atom. The molecule has 0 aromatic carbocycles. The number of thioether (sulfide) groups is 1. The maximum absolute atomic E-state index is 16.0. The molecule has 9 fully saturated rings. The van der Waals surface area contributed by atoms with Gasteiger partial charge in [0.15, 0.2) is 88.3 Å². The summed E-state index contributed by atoms with van der Waals surface area (Å²) in [6.45, 7) is -27.2. The normalized spacial score (nSPS) is 37.3. The van der Waals surface area contributed by atoms with Crippen molar-refractivity contribution in [3.05, 3.63) is 111 Å². The molecule has 0 radical (unpaired) electrons. The van der Waals surface area contributed by atoms with Crippen molar-refractivity contribution in [2.45, 2.75) is 146 Å². The zero-order valence-corrected chi connectivity index (χ0v) is 77.7. The van der Waals surface area contributed by atoms with Gasteiger partial charge in [0.1, 0.15) is 77.6 Å². The lowest BCUT2D eigenvalue weighted by Crippen LogP contribution is -2.46. The average molecular weight is 2100 g/mol. The van der Waals surface area contributed by atoms with Gasteiger partial charge in [-0.3, -0.25) is 83.8 Å². The molecular weight excluding hydrogens is 2030 g/mol. The molecule has 133 heavy (non-hydrogen) atoms. The lowest BCUT2D eigenvalue weighted by atomic mass is 10.1. The monoisotopic (exact) mass is 2100 g/mol. The van der Waals surface area contributed by atoms with Crippen LogP contribution in [0, 0.1) is 12.3 Å². The first-order valence-electron chi connectivity index (χ1n) is 38.6. The maximum Gasteiger partial charge on any atom is 0.386 e. The molecule has 56 nitrogen and oxygen atoms in total. The molecule has 28 atom stereocenters. The molecular formula is C63H70FN27O29P6S7. The van der Waals surface area contributed by atoms with Gasteiger partial charge in [-0.05, 0) is 89.2 Å². The number of aromatic amines is 3. The number of aromatic nitrogens is 21. The molecule has 9 saturated heterocycles. The van der Waals surface area contributed by atoms with E-state index in [0.29, 0.717) is 33.7 Å². The number of aliphatic hydroxyl groups is 3. The predicted octanol–water partition coefficient (Wildman–Crippen LogP) is -0.179. The number of ether oxygens (including phenoxy) is 5. The SMILES string of the molecule is C#C[C@]12O[C@@H](n3cnc4c(N)ccnc43)[C@H](O)[C@@H]1OP(O)(=S)OC[C@H]1O[C@@H](n3cnc4c(=O)[nH]c(N)nc43)[C@H](OP(O)(=S)O2)[C@H]1F.Nc1nc2c(ncn2[C@@H]2O[C@@H]3COP(O)(=S)O[C@H]4[C@@H](O)[C@H](n5ccc6c(N)ccnc65)O[C@@H]4COP(=O)(S)O[C@@H]2C3)c(=O)[nH]1.Nc1nc2c(nnn2[C@@H]2S[C@@H]3COP(O)(=S)O[C@H]4C[C@H](c5cnc6c(N)ccnn56)O[C@@H]4OP(O)(=S)O[C@@H]2[C@@H]3O)c(=O)[nH]1. The molecule has 70 heteroatoms. The minimum absolute atomic E-state index is 0.00230. The van der Waals surface area contributed by atoms with Crippen LogP contribution in [0.3, 0.4) is 0 Å². The van der Waals surface area contributed by atoms with E-state index in [1.54, 1.807) is 29.0 Å². The first-order chi connectivity index (χ1) is 63.0. The number of thiol groups is 1. The third-order valence-corrected chi connectivity index (χ3v) is 32.6. The Morgan fingerprint density at radius 2 is 1.14 bits per heavy atom. The second-order valence-corrected chi connectivity index (χ2v) is 48.3. The molecule has 12 aromatic heterocycles. The van der Waals surface area contributed by atoms with Crippen LogP contribution in [0.15, 0.2) is 88.6 Å². The molecule has 710 valence electrons. The van der Waals surface area contributed by atoms with Crippen LogP contribution >= 0.6 is 64.4 Å². The highest BCUT2D eigenvalue weighted by Gasteiger charge is 2.64. The van der Waals surface area contributed by atoms with Crippen LogP contribution in [0.1, 0.15) is 54.9 Å². The number of aliphatic hydroxyl groups excluding tert-OH is 3. The number of nitrogens with one attached hydrogen (secondary N) is 3. The average Bonchev–Trinajstić information content (AvgIpc) is 1.53. The van der Waals surface area contributed by atoms with E-state index >= 15 is 4.39 Å². The smallest absolute Gasteiger partial charge is 0.386 e. The van der Waals surface area contributed by atoms with Crippen molar-refractivity contribution in [1.29, 1.82) is 0 Å². The number of hydrogen-bond acceptors (Lipinski definition) is 48. The molecule has 21 heterocycles. The van der Waals surface area contributed by atoms with E-state index in [2.05, 4.69) is 93.4 Å². The minimum Gasteiger partial charge on any atom is -0.398 e. The van der Waals surface area contributed by atoms with Crippen LogP contribution in [-0.4, -0.2) is 266 Å². The summed E-state index contributed by atoms with van der Waals surface area (Å²) in [5.74, 6) is -1.08. The molecule has 23 N–H and O–H groups in total. The largest absolute Gasteiger partial charge is 0.398 e. The van der Waals surface area contributed by atoms with E-state index in [-0.39, 0.29) is 94.2 Å². The van der Waals surface area contributed by atoms with Crippen LogP contribution in [0.2, 0.25) is 0 Å². The number of fused-ring (bicyclic) bond motifs is 15. The van der Waals surface area contributed by atoms with Gasteiger partial charge in [0.2, 0.25) is 17.8 Å². The van der Waals surface area contributed by atoms with E-state index in [1.165, 1.54) is 61.8 Å². The third kappa shape index (κ3) is 18.3. The Bertz CT molecular complexity index is 7190. The summed E-state index contributed by atoms with van der Waals surface area (Å²) >= 11 is 31.6. The van der Waals surface area contributed by atoms with Crippen molar-refractivity contribution in [2.24, 2.45) is 0 Å². The zero-order chi connectivity index (χ0) is 94.0. The summed E-state index contributed by atoms with van der Waals surface area (Å²) in [7, 11) is 0. The van der Waals surface area contributed by atoms with E-state index in [9.17, 15) is 58.7 Å². The number of imidazole rings is 4. The molecule has 6 bridgehead atoms. The van der Waals surface area contributed by atoms with Gasteiger partial charge in [-0.1, -0.05) is 17.5 Å². The molecule has 9 aliphatic rings. The van der Waals surface area contributed by atoms with E-state index < -0.39 is 203 Å². The lowest BCUT2D eigenvalue weighted by molar-refractivity contribution is -0.183. The van der Waals surface area contributed by atoms with Gasteiger partial charge >= 0.3 is 40.4 Å². The van der Waals surface area contributed by atoms with Crippen molar-refractivity contribution in [2.75, 3.05) is 60.8 Å². The van der Waals surface area contributed by atoms with Crippen LogP contribution in [-0.2, 0) is 142 Å². The molecule has 9 aliphatic heterocycles. The summed E-state index contributed by atoms with van der Waals surface area (Å²) in [6, 6.07) is 6.45. The standard InChI is InChI=1S/C22H22FN9O10P2S2.C22H26N8O10P2S2.C19H22N10O9P2S3/c1-2-22-15(13(33)19(39-22)31-6-27-11-8(24)3-4-26-16(11)31)41-43(35,45)37-5-9-10(23)14(40-44(36,46)42-22)20(38-9)32-7-28-12-17(32)29-21(25)30-18(12)34;23-11-1-3-25-17-10(11)2-4-29(17)21-15(31)16-13(38-21)7-36-41(33,43)39-12-5-9(6-35-42(34,44)40-16)37-20(12)30-8-26-14-18(30)27-22(24)28-19(14)32;20-6-1-2-23-28-7(4-22-14(6)28)8-3-9-18(35-8)38-40(33,42)37-13-12(30)10(5-34-39(32,41)36-9)43-17(13)29-15-11(26-27-29)16(31)25-19(21)24-15/h1,3-4,6-7,9-10,13-15,19-20,33H,5H2,(H2,24,26)(H,35,45)(H,36,46)(H3,25,29,30,34);1-4,8-9,12-13,15-16,20-21,31H,5-7H2,(H2,23,25)(H,33,43)(H,34,44)(H3,24,27,28,32);1-2,4,8-10,12-13,17-18,30H,3,5,20H2,(H,32,41)(H,33,42)(H3,21,24,25,31)/t9-,10+,13-,14-,15+,19-,20-,22-,43?,44?;9-,12+,13+,15+,16+,20+,21+,41?,42?;8-,9+,10-,12-,13-,17-,18-,39?,40?/m101/s1. The number of halogens is 1. The predicted molar refractivity (Wildman–Crippen MR) is 477 cm³/mol. The Balaban J connectivity index is 0.000000129. The Hall–Kier alpha value is -7.62. The fourth-order valence-corrected chi connectivity index (χ4v) is 26.7. The number of alkyl halides is 1. The number of H-pyrrole nitrogens is 3. The summed E-state index contributed by atoms with van der Waals surface area (Å²) in [5.41, 5.74) is 35.9. The number of hydrogen-bond donors (Lipinski definition) is 18. The van der Waals surface area contributed by atoms with Crippen LogP contribution in [0.5, 0.6) is 0 Å². The number of pyridine rings is 2. The van der Waals surface area contributed by atoms with Crippen molar-refractivity contribution in [3.63, 3.8) is 0 Å². The van der Waals surface area contributed by atoms with E-state index in [1.807, 2.05) is 0 Å². The molecule has 0 saturated carbocycles. The van der Waals surface area contributed by atoms with Gasteiger partial charge in [0.25, 0.3) is 22.5 Å². The number of nitrogens with two attached hydrogens (primary N) is 6.